The van der Waals surface area contributed by atoms with Crippen molar-refractivity contribution in [3.63, 3.8) is 0 Å². The van der Waals surface area contributed by atoms with E-state index in [1.54, 1.807) is 0 Å². The first-order chi connectivity index (χ1) is 8.16. The summed E-state index contributed by atoms with van der Waals surface area (Å²) in [6.45, 7) is 0. The molecule has 0 radical (unpaired) electrons. The fraction of sp³-hybridized carbons (Fsp3) is 0.214. The van der Waals surface area contributed by atoms with E-state index in [9.17, 15) is 4.79 Å². The van der Waals surface area contributed by atoms with Gasteiger partial charge in [0.25, 0.3) is 0 Å². The van der Waals surface area contributed by atoms with E-state index in [2.05, 4.69) is 40.2 Å². The van der Waals surface area contributed by atoms with Crippen LogP contribution in [0.1, 0.15) is 17.9 Å². The van der Waals surface area contributed by atoms with Gasteiger partial charge in [-0.1, -0.05) is 40.2 Å². The molecule has 2 aromatic carbocycles. The van der Waals surface area contributed by atoms with Gasteiger partial charge in [0, 0.05) is 4.47 Å². The smallest absolute Gasteiger partial charge is 0.307 e. The van der Waals surface area contributed by atoms with E-state index in [-0.39, 0.29) is 11.8 Å². The second-order valence-electron chi connectivity index (χ2n) is 4.50. The summed E-state index contributed by atoms with van der Waals surface area (Å²) in [6, 6.07) is 12.2. The first-order valence-electron chi connectivity index (χ1n) is 5.58. The first-order valence-corrected chi connectivity index (χ1v) is 6.37. The van der Waals surface area contributed by atoms with Gasteiger partial charge in [-0.2, -0.15) is 0 Å². The van der Waals surface area contributed by atoms with Gasteiger partial charge in [-0.3, -0.25) is 4.79 Å². The third kappa shape index (κ3) is 1.84. The van der Waals surface area contributed by atoms with Crippen LogP contribution in [-0.4, -0.2) is 11.1 Å². The molecule has 0 aliphatic heterocycles. The van der Waals surface area contributed by atoms with Crippen molar-refractivity contribution >= 4 is 32.7 Å². The molecule has 86 valence electrons. The third-order valence-corrected chi connectivity index (χ3v) is 3.82. The van der Waals surface area contributed by atoms with Gasteiger partial charge in [0.15, 0.2) is 0 Å². The summed E-state index contributed by atoms with van der Waals surface area (Å²) in [5, 5.41) is 11.3. The minimum atomic E-state index is -0.681. The fourth-order valence-corrected chi connectivity index (χ4v) is 2.91. The molecule has 1 aliphatic rings. The Kier molecular flexibility index (Phi) is 2.44. The van der Waals surface area contributed by atoms with Crippen molar-refractivity contribution in [3.8, 4) is 0 Å². The van der Waals surface area contributed by atoms with E-state index in [0.717, 1.165) is 21.8 Å². The third-order valence-electron chi connectivity index (χ3n) is 3.37. The number of carboxylic acids is 1. The molecule has 0 spiro atoms. The molecular formula is C14H11BrO2. The maximum Gasteiger partial charge on any atom is 0.307 e. The molecule has 3 heteroatoms. The Morgan fingerprint density at radius 2 is 2.06 bits per heavy atom. The Morgan fingerprint density at radius 1 is 1.29 bits per heavy atom. The van der Waals surface area contributed by atoms with Crippen LogP contribution in [-0.2, 0) is 4.79 Å². The van der Waals surface area contributed by atoms with Gasteiger partial charge >= 0.3 is 5.97 Å². The van der Waals surface area contributed by atoms with Crippen LogP contribution < -0.4 is 0 Å². The predicted molar refractivity (Wildman–Crippen MR) is 70.1 cm³/mol. The van der Waals surface area contributed by atoms with Crippen LogP contribution in [0, 0.1) is 5.92 Å². The van der Waals surface area contributed by atoms with Crippen LogP contribution in [0.3, 0.4) is 0 Å². The van der Waals surface area contributed by atoms with E-state index in [0.29, 0.717) is 0 Å². The molecule has 0 aromatic heterocycles. The highest BCUT2D eigenvalue weighted by molar-refractivity contribution is 9.10. The molecule has 1 fully saturated rings. The molecule has 2 atom stereocenters. The summed E-state index contributed by atoms with van der Waals surface area (Å²) in [7, 11) is 0. The van der Waals surface area contributed by atoms with Crippen molar-refractivity contribution in [1.29, 1.82) is 0 Å². The van der Waals surface area contributed by atoms with Crippen molar-refractivity contribution in [1.82, 2.24) is 0 Å². The van der Waals surface area contributed by atoms with Crippen LogP contribution in [0.15, 0.2) is 40.9 Å². The minimum Gasteiger partial charge on any atom is -0.481 e. The molecule has 1 N–H and O–H groups in total. The molecule has 17 heavy (non-hydrogen) atoms. The molecule has 2 nitrogen and oxygen atoms in total. The largest absolute Gasteiger partial charge is 0.481 e. The van der Waals surface area contributed by atoms with Gasteiger partial charge in [-0.25, -0.2) is 0 Å². The van der Waals surface area contributed by atoms with E-state index < -0.39 is 5.97 Å². The molecule has 0 bridgehead atoms. The topological polar surface area (TPSA) is 37.3 Å². The van der Waals surface area contributed by atoms with Crippen molar-refractivity contribution in [3.05, 3.63) is 46.4 Å². The Labute approximate surface area is 107 Å². The molecule has 1 aliphatic carbocycles. The summed E-state index contributed by atoms with van der Waals surface area (Å²) >= 11 is 3.49. The maximum absolute atomic E-state index is 11.0. The average Bonchev–Trinajstić information content (AvgIpc) is 3.07. The van der Waals surface area contributed by atoms with Gasteiger partial charge in [-0.15, -0.1) is 0 Å². The second kappa shape index (κ2) is 3.84. The Bertz CT molecular complexity index is 606. The highest BCUT2D eigenvalue weighted by Crippen LogP contribution is 2.50. The average molecular weight is 291 g/mol. The predicted octanol–water partition coefficient (Wildman–Crippen LogP) is 3.79. The number of halogens is 1. The molecule has 2 unspecified atom stereocenters. The lowest BCUT2D eigenvalue weighted by molar-refractivity contribution is -0.138. The van der Waals surface area contributed by atoms with E-state index in [4.69, 9.17) is 5.11 Å². The lowest BCUT2D eigenvalue weighted by Crippen LogP contribution is -1.99. The molecule has 2 aromatic rings. The van der Waals surface area contributed by atoms with Gasteiger partial charge in [0.1, 0.15) is 0 Å². The number of carbonyl (C=O) groups is 1. The number of carboxylic acid groups (broad SMARTS) is 1. The number of hydrogen-bond donors (Lipinski definition) is 1. The Morgan fingerprint density at radius 3 is 2.76 bits per heavy atom. The number of hydrogen-bond acceptors (Lipinski definition) is 1. The van der Waals surface area contributed by atoms with E-state index in [1.165, 1.54) is 5.39 Å². The van der Waals surface area contributed by atoms with E-state index in [1.807, 2.05) is 12.1 Å². The minimum absolute atomic E-state index is 0.176. The molecule has 3 rings (SSSR count). The number of rotatable bonds is 2. The monoisotopic (exact) mass is 290 g/mol. The summed E-state index contributed by atoms with van der Waals surface area (Å²) in [6.07, 6.45) is 0.760. The normalized spacial score (nSPS) is 22.6. The highest BCUT2D eigenvalue weighted by atomic mass is 79.9. The standard InChI is InChI=1S/C14H11BrO2/c15-9-5-8-3-1-2-4-10(8)11(6-9)12-7-13(12)14(16)17/h1-6,12-13H,7H2,(H,16,17). The second-order valence-corrected chi connectivity index (χ2v) is 5.42. The molecule has 0 saturated heterocycles. The lowest BCUT2D eigenvalue weighted by atomic mass is 10.0. The quantitative estimate of drug-likeness (QED) is 0.914. The zero-order chi connectivity index (χ0) is 12.0. The molecular weight excluding hydrogens is 280 g/mol. The van der Waals surface area contributed by atoms with Crippen LogP contribution in [0.4, 0.5) is 0 Å². The molecule has 1 saturated carbocycles. The molecule has 0 heterocycles. The fourth-order valence-electron chi connectivity index (χ4n) is 2.42. The summed E-state index contributed by atoms with van der Waals surface area (Å²) in [5.74, 6) is -0.707. The van der Waals surface area contributed by atoms with Crippen LogP contribution in [0.5, 0.6) is 0 Å². The van der Waals surface area contributed by atoms with Gasteiger partial charge in [-0.05, 0) is 40.8 Å². The lowest BCUT2D eigenvalue weighted by Gasteiger charge is -2.06. The van der Waals surface area contributed by atoms with Crippen molar-refractivity contribution < 1.29 is 9.90 Å². The van der Waals surface area contributed by atoms with Gasteiger partial charge < -0.3 is 5.11 Å². The Hall–Kier alpha value is -1.35. The van der Waals surface area contributed by atoms with Crippen LogP contribution >= 0.6 is 15.9 Å². The van der Waals surface area contributed by atoms with Crippen molar-refractivity contribution in [2.75, 3.05) is 0 Å². The van der Waals surface area contributed by atoms with Crippen LogP contribution in [0.2, 0.25) is 0 Å². The van der Waals surface area contributed by atoms with Gasteiger partial charge in [0.2, 0.25) is 0 Å². The summed E-state index contributed by atoms with van der Waals surface area (Å²) in [5.41, 5.74) is 1.15. The SMILES string of the molecule is O=C(O)C1CC1c1cc(Br)cc2ccccc12. The Balaban J connectivity index is 2.13. The van der Waals surface area contributed by atoms with E-state index >= 15 is 0 Å². The highest BCUT2D eigenvalue weighted by Gasteiger charge is 2.44. The van der Waals surface area contributed by atoms with Gasteiger partial charge in [0.05, 0.1) is 5.92 Å². The molecule has 0 amide bonds. The van der Waals surface area contributed by atoms with Crippen molar-refractivity contribution in [2.45, 2.75) is 12.3 Å². The number of benzene rings is 2. The number of aliphatic carboxylic acids is 1. The van der Waals surface area contributed by atoms with Crippen molar-refractivity contribution in [2.24, 2.45) is 5.92 Å². The maximum atomic E-state index is 11.0. The summed E-state index contributed by atoms with van der Waals surface area (Å²) in [4.78, 5) is 11.0. The zero-order valence-corrected chi connectivity index (χ0v) is 10.6. The zero-order valence-electron chi connectivity index (χ0n) is 9.06. The van der Waals surface area contributed by atoms with Crippen LogP contribution in [0.25, 0.3) is 10.8 Å². The number of fused-ring (bicyclic) bond motifs is 1. The first kappa shape index (κ1) is 10.8. The summed E-state index contributed by atoms with van der Waals surface area (Å²) < 4.78 is 1.02.